The molecule has 1 nitrogen and oxygen atoms in total. The molecule has 0 N–H and O–H groups in total. The summed E-state index contributed by atoms with van der Waals surface area (Å²) in [5.74, 6) is 0. The maximum Gasteiger partial charge on any atom is 0.0496 e. The third-order valence-corrected chi connectivity index (χ3v) is 1.92. The van der Waals surface area contributed by atoms with E-state index < -0.39 is 0 Å². The van der Waals surface area contributed by atoms with Crippen molar-refractivity contribution in [3.05, 3.63) is 40.9 Å². The van der Waals surface area contributed by atoms with Gasteiger partial charge in [-0.3, -0.25) is 0 Å². The van der Waals surface area contributed by atoms with E-state index in [0.717, 1.165) is 18.1 Å². The molecule has 0 spiro atoms. The highest BCUT2D eigenvalue weighted by molar-refractivity contribution is 6.30. The van der Waals surface area contributed by atoms with Gasteiger partial charge in [-0.25, -0.2) is 0 Å². The minimum atomic E-state index is 0.768. The van der Waals surface area contributed by atoms with E-state index >= 15 is 0 Å². The molecule has 0 heterocycles. The van der Waals surface area contributed by atoms with Crippen molar-refractivity contribution in [2.75, 3.05) is 13.7 Å². The van der Waals surface area contributed by atoms with E-state index in [1.807, 2.05) is 24.3 Å². The van der Waals surface area contributed by atoms with E-state index in [0.29, 0.717) is 0 Å². The first-order chi connectivity index (χ1) is 6.33. The van der Waals surface area contributed by atoms with Crippen LogP contribution in [0.5, 0.6) is 0 Å². The van der Waals surface area contributed by atoms with Gasteiger partial charge < -0.3 is 4.74 Å². The molecule has 13 heavy (non-hydrogen) atoms. The molecule has 1 aromatic rings. The second-order valence-electron chi connectivity index (χ2n) is 2.74. The van der Waals surface area contributed by atoms with E-state index in [9.17, 15) is 0 Å². The molecule has 0 aliphatic heterocycles. The van der Waals surface area contributed by atoms with Crippen LogP contribution in [0.2, 0.25) is 5.02 Å². The van der Waals surface area contributed by atoms with Gasteiger partial charge in [0.25, 0.3) is 0 Å². The minimum absolute atomic E-state index is 0.768. The molecule has 2 heteroatoms. The molecular formula is C11H13ClO. The Kier molecular flexibility index (Phi) is 4.58. The predicted octanol–water partition coefficient (Wildman–Crippen LogP) is 3.39. The quantitative estimate of drug-likeness (QED) is 0.671. The van der Waals surface area contributed by atoms with E-state index in [1.165, 1.54) is 5.56 Å². The molecule has 0 unspecified atom stereocenters. The monoisotopic (exact) mass is 196 g/mol. The van der Waals surface area contributed by atoms with Crippen molar-refractivity contribution in [1.29, 1.82) is 0 Å². The fraction of sp³-hybridized carbons (Fsp3) is 0.273. The fourth-order valence-electron chi connectivity index (χ4n) is 0.979. The second-order valence-corrected chi connectivity index (χ2v) is 3.17. The van der Waals surface area contributed by atoms with Crippen molar-refractivity contribution in [2.24, 2.45) is 0 Å². The summed E-state index contributed by atoms with van der Waals surface area (Å²) in [7, 11) is 1.70. The minimum Gasteiger partial charge on any atom is -0.384 e. The molecule has 1 aromatic carbocycles. The lowest BCUT2D eigenvalue weighted by Crippen LogP contribution is -1.83. The zero-order valence-corrected chi connectivity index (χ0v) is 8.42. The van der Waals surface area contributed by atoms with Gasteiger partial charge in [-0.1, -0.05) is 35.9 Å². The summed E-state index contributed by atoms with van der Waals surface area (Å²) in [4.78, 5) is 0. The molecule has 0 saturated heterocycles. The van der Waals surface area contributed by atoms with Crippen molar-refractivity contribution in [3.8, 4) is 0 Å². The van der Waals surface area contributed by atoms with Gasteiger partial charge in [0.15, 0.2) is 0 Å². The highest BCUT2D eigenvalue weighted by Gasteiger charge is 1.86. The fourth-order valence-corrected chi connectivity index (χ4v) is 1.11. The van der Waals surface area contributed by atoms with Crippen molar-refractivity contribution in [1.82, 2.24) is 0 Å². The zero-order chi connectivity index (χ0) is 9.52. The summed E-state index contributed by atoms with van der Waals surface area (Å²) in [6, 6.07) is 7.76. The molecule has 0 fully saturated rings. The lowest BCUT2D eigenvalue weighted by atomic mass is 10.2. The van der Waals surface area contributed by atoms with Crippen LogP contribution in [0.1, 0.15) is 12.0 Å². The molecule has 0 aliphatic rings. The third-order valence-electron chi connectivity index (χ3n) is 1.67. The van der Waals surface area contributed by atoms with Gasteiger partial charge in [-0.05, 0) is 24.1 Å². The van der Waals surface area contributed by atoms with Gasteiger partial charge >= 0.3 is 0 Å². The normalized spacial score (nSPS) is 10.9. The molecule has 0 saturated carbocycles. The maximum absolute atomic E-state index is 5.75. The summed E-state index contributed by atoms with van der Waals surface area (Å²) < 4.78 is 4.93. The van der Waals surface area contributed by atoms with Gasteiger partial charge in [-0.2, -0.15) is 0 Å². The Bertz CT molecular complexity index is 264. The molecule has 0 amide bonds. The number of hydrogen-bond acceptors (Lipinski definition) is 1. The van der Waals surface area contributed by atoms with Crippen LogP contribution < -0.4 is 0 Å². The highest BCUT2D eigenvalue weighted by atomic mass is 35.5. The summed E-state index contributed by atoms with van der Waals surface area (Å²) >= 11 is 5.75. The first kappa shape index (κ1) is 10.3. The third kappa shape index (κ3) is 4.11. The zero-order valence-electron chi connectivity index (χ0n) is 7.66. The standard InChI is InChI=1S/C11H13ClO/c1-13-9-3-2-4-10-5-7-11(12)8-6-10/h2,4-8H,3,9H2,1H3. The summed E-state index contributed by atoms with van der Waals surface area (Å²) in [5, 5.41) is 0.772. The van der Waals surface area contributed by atoms with Gasteiger partial charge in [0.05, 0.1) is 0 Å². The van der Waals surface area contributed by atoms with Gasteiger partial charge in [0.2, 0.25) is 0 Å². The van der Waals surface area contributed by atoms with Crippen molar-refractivity contribution in [3.63, 3.8) is 0 Å². The number of hydrogen-bond donors (Lipinski definition) is 0. The SMILES string of the molecule is COCCC=Cc1ccc(Cl)cc1. The molecule has 0 atom stereocenters. The Labute approximate surface area is 84.0 Å². The Morgan fingerprint density at radius 3 is 2.62 bits per heavy atom. The lowest BCUT2D eigenvalue weighted by molar-refractivity contribution is 0.204. The number of rotatable bonds is 4. The Morgan fingerprint density at radius 1 is 1.31 bits per heavy atom. The van der Waals surface area contributed by atoms with Gasteiger partial charge in [-0.15, -0.1) is 0 Å². The van der Waals surface area contributed by atoms with E-state index in [4.69, 9.17) is 16.3 Å². The molecule has 0 radical (unpaired) electrons. The van der Waals surface area contributed by atoms with Crippen LogP contribution in [-0.2, 0) is 4.74 Å². The Balaban J connectivity index is 2.44. The Hall–Kier alpha value is -0.790. The largest absolute Gasteiger partial charge is 0.384 e. The lowest BCUT2D eigenvalue weighted by Gasteiger charge is -1.94. The number of benzene rings is 1. The summed E-state index contributed by atoms with van der Waals surface area (Å²) in [5.41, 5.74) is 1.17. The summed E-state index contributed by atoms with van der Waals surface area (Å²) in [6.07, 6.45) is 5.10. The number of halogens is 1. The van der Waals surface area contributed by atoms with Crippen LogP contribution in [-0.4, -0.2) is 13.7 Å². The van der Waals surface area contributed by atoms with Crippen LogP contribution in [0.15, 0.2) is 30.3 Å². The van der Waals surface area contributed by atoms with E-state index in [-0.39, 0.29) is 0 Å². The second kappa shape index (κ2) is 5.79. The van der Waals surface area contributed by atoms with Crippen molar-refractivity contribution < 1.29 is 4.74 Å². The van der Waals surface area contributed by atoms with Crippen LogP contribution in [0.4, 0.5) is 0 Å². The first-order valence-corrected chi connectivity index (χ1v) is 4.62. The molecule has 70 valence electrons. The van der Waals surface area contributed by atoms with Crippen molar-refractivity contribution >= 4 is 17.7 Å². The van der Waals surface area contributed by atoms with Gasteiger partial charge in [0.1, 0.15) is 0 Å². The average molecular weight is 197 g/mol. The smallest absolute Gasteiger partial charge is 0.0496 e. The molecule has 0 bridgehead atoms. The molecule has 0 aliphatic carbocycles. The number of ether oxygens (including phenoxy) is 1. The topological polar surface area (TPSA) is 9.23 Å². The van der Waals surface area contributed by atoms with E-state index in [2.05, 4.69) is 12.2 Å². The Morgan fingerprint density at radius 2 is 2.00 bits per heavy atom. The van der Waals surface area contributed by atoms with Crippen LogP contribution in [0.25, 0.3) is 6.08 Å². The highest BCUT2D eigenvalue weighted by Crippen LogP contribution is 2.10. The average Bonchev–Trinajstić information content (AvgIpc) is 2.15. The maximum atomic E-state index is 5.75. The van der Waals surface area contributed by atoms with Gasteiger partial charge in [0, 0.05) is 18.7 Å². The number of methoxy groups -OCH3 is 1. The van der Waals surface area contributed by atoms with Crippen LogP contribution in [0.3, 0.4) is 0 Å². The summed E-state index contributed by atoms with van der Waals surface area (Å²) in [6.45, 7) is 0.768. The molecule has 0 aromatic heterocycles. The predicted molar refractivity (Wildman–Crippen MR) is 57.0 cm³/mol. The molecular weight excluding hydrogens is 184 g/mol. The van der Waals surface area contributed by atoms with Crippen LogP contribution in [0, 0.1) is 0 Å². The van der Waals surface area contributed by atoms with Crippen molar-refractivity contribution in [2.45, 2.75) is 6.42 Å². The first-order valence-electron chi connectivity index (χ1n) is 4.24. The molecule has 1 rings (SSSR count). The van der Waals surface area contributed by atoms with E-state index in [1.54, 1.807) is 7.11 Å². The van der Waals surface area contributed by atoms with Crippen LogP contribution >= 0.6 is 11.6 Å².